The van der Waals surface area contributed by atoms with E-state index in [0.717, 1.165) is 16.7 Å². The van der Waals surface area contributed by atoms with E-state index in [4.69, 9.17) is 14.0 Å². The van der Waals surface area contributed by atoms with E-state index in [1.165, 1.54) is 5.56 Å². The highest BCUT2D eigenvalue weighted by atomic mass is 16.5. The predicted molar refractivity (Wildman–Crippen MR) is 116 cm³/mol. The maximum atomic E-state index is 10.7. The molecule has 0 atom stereocenters. The summed E-state index contributed by atoms with van der Waals surface area (Å²) in [6.45, 7) is 4.34. The molecule has 1 aromatic heterocycles. The van der Waals surface area contributed by atoms with Gasteiger partial charge in [0, 0.05) is 11.6 Å². The third-order valence-corrected chi connectivity index (χ3v) is 4.98. The Bertz CT molecular complexity index is 1160. The van der Waals surface area contributed by atoms with Crippen LogP contribution in [0.1, 0.15) is 16.8 Å². The quantitative estimate of drug-likeness (QED) is 0.434. The van der Waals surface area contributed by atoms with E-state index in [1.54, 1.807) is 19.2 Å². The monoisotopic (exact) mass is 401 g/mol. The molecule has 3 aromatic carbocycles. The summed E-state index contributed by atoms with van der Waals surface area (Å²) in [7, 11) is 1.62. The Morgan fingerprint density at radius 3 is 2.43 bits per heavy atom. The molecule has 0 saturated heterocycles. The van der Waals surface area contributed by atoms with E-state index in [-0.39, 0.29) is 5.75 Å². The van der Waals surface area contributed by atoms with E-state index in [1.807, 2.05) is 68.4 Å². The van der Waals surface area contributed by atoms with Crippen molar-refractivity contribution in [2.24, 2.45) is 0 Å². The van der Waals surface area contributed by atoms with E-state index >= 15 is 0 Å². The van der Waals surface area contributed by atoms with Crippen LogP contribution < -0.4 is 9.47 Å². The lowest BCUT2D eigenvalue weighted by Gasteiger charge is -2.11. The molecule has 1 N–H and O–H groups in total. The standard InChI is InChI=1S/C25H23NO4/c1-16-8-10-18(11-9-16)15-29-19-12-13-20(22(27)14-19)25-24(17(2)26-30-25)21-6-4-5-7-23(21)28-3/h4-14,27H,15H2,1-3H3. The number of phenols is 1. The van der Waals surface area contributed by atoms with E-state index < -0.39 is 0 Å². The molecule has 0 bridgehead atoms. The first kappa shape index (κ1) is 19.6. The second-order valence-corrected chi connectivity index (χ2v) is 7.13. The lowest BCUT2D eigenvalue weighted by Crippen LogP contribution is -1.95. The smallest absolute Gasteiger partial charge is 0.178 e. The lowest BCUT2D eigenvalue weighted by molar-refractivity contribution is 0.304. The number of hydrogen-bond donors (Lipinski definition) is 1. The van der Waals surface area contributed by atoms with Crippen LogP contribution in [0.25, 0.3) is 22.5 Å². The fourth-order valence-corrected chi connectivity index (χ4v) is 3.37. The van der Waals surface area contributed by atoms with Crippen molar-refractivity contribution in [3.8, 4) is 39.7 Å². The molecule has 0 unspecified atom stereocenters. The maximum Gasteiger partial charge on any atom is 0.178 e. The molecule has 0 fully saturated rings. The van der Waals surface area contributed by atoms with E-state index in [9.17, 15) is 5.11 Å². The van der Waals surface area contributed by atoms with Gasteiger partial charge in [0.2, 0.25) is 0 Å². The minimum Gasteiger partial charge on any atom is -0.507 e. The van der Waals surface area contributed by atoms with Gasteiger partial charge in [0.15, 0.2) is 5.76 Å². The SMILES string of the molecule is COc1ccccc1-c1c(C)noc1-c1ccc(OCc2ccc(C)cc2)cc1O. The van der Waals surface area contributed by atoms with Crippen LogP contribution in [0.3, 0.4) is 0 Å². The Morgan fingerprint density at radius 1 is 0.933 bits per heavy atom. The lowest BCUT2D eigenvalue weighted by atomic mass is 9.98. The predicted octanol–water partition coefficient (Wildman–Crippen LogP) is 5.92. The molecule has 4 aromatic rings. The van der Waals surface area contributed by atoms with Gasteiger partial charge in [-0.05, 0) is 37.6 Å². The summed E-state index contributed by atoms with van der Waals surface area (Å²) in [5.41, 5.74) is 5.17. The third kappa shape index (κ3) is 3.87. The zero-order valence-corrected chi connectivity index (χ0v) is 17.2. The minimum atomic E-state index is 0.0590. The van der Waals surface area contributed by atoms with Crippen molar-refractivity contribution < 1.29 is 19.1 Å². The number of aromatic hydroxyl groups is 1. The summed E-state index contributed by atoms with van der Waals surface area (Å²) in [5, 5.41) is 14.8. The van der Waals surface area contributed by atoms with Crippen molar-refractivity contribution >= 4 is 0 Å². The first-order valence-corrected chi connectivity index (χ1v) is 9.68. The zero-order chi connectivity index (χ0) is 21.1. The highest BCUT2D eigenvalue weighted by molar-refractivity contribution is 5.86. The number of phenolic OH excluding ortho intramolecular Hbond substituents is 1. The number of hydrogen-bond acceptors (Lipinski definition) is 5. The summed E-state index contributed by atoms with van der Waals surface area (Å²) >= 11 is 0. The maximum absolute atomic E-state index is 10.7. The summed E-state index contributed by atoms with van der Waals surface area (Å²) in [6.07, 6.45) is 0. The molecule has 5 nitrogen and oxygen atoms in total. The first-order chi connectivity index (χ1) is 14.6. The summed E-state index contributed by atoms with van der Waals surface area (Å²) in [4.78, 5) is 0. The van der Waals surface area contributed by atoms with Crippen LogP contribution in [0.2, 0.25) is 0 Å². The fourth-order valence-electron chi connectivity index (χ4n) is 3.37. The molecule has 0 spiro atoms. The van der Waals surface area contributed by atoms with E-state index in [2.05, 4.69) is 5.16 Å². The van der Waals surface area contributed by atoms with Gasteiger partial charge in [-0.25, -0.2) is 0 Å². The van der Waals surface area contributed by atoms with Crippen LogP contribution in [0.15, 0.2) is 71.3 Å². The molecule has 1 heterocycles. The molecule has 0 aliphatic heterocycles. The molecule has 30 heavy (non-hydrogen) atoms. The summed E-state index contributed by atoms with van der Waals surface area (Å²) in [6, 6.07) is 21.0. The molecular weight excluding hydrogens is 378 g/mol. The largest absolute Gasteiger partial charge is 0.507 e. The van der Waals surface area contributed by atoms with Crippen LogP contribution in [0.5, 0.6) is 17.2 Å². The van der Waals surface area contributed by atoms with Gasteiger partial charge in [-0.2, -0.15) is 0 Å². The second kappa shape index (κ2) is 8.33. The number of methoxy groups -OCH3 is 1. The van der Waals surface area contributed by atoms with Crippen LogP contribution in [-0.2, 0) is 6.61 Å². The normalized spacial score (nSPS) is 10.8. The average molecular weight is 401 g/mol. The minimum absolute atomic E-state index is 0.0590. The molecule has 0 amide bonds. The second-order valence-electron chi connectivity index (χ2n) is 7.13. The average Bonchev–Trinajstić information content (AvgIpc) is 3.14. The molecule has 5 heteroatoms. The Labute approximate surface area is 175 Å². The van der Waals surface area contributed by atoms with Gasteiger partial charge >= 0.3 is 0 Å². The van der Waals surface area contributed by atoms with Crippen molar-refractivity contribution in [3.63, 3.8) is 0 Å². The van der Waals surface area contributed by atoms with E-state index in [0.29, 0.717) is 35.1 Å². The van der Waals surface area contributed by atoms with Gasteiger partial charge < -0.3 is 19.1 Å². The van der Waals surface area contributed by atoms with Crippen molar-refractivity contribution in [3.05, 3.63) is 83.6 Å². The third-order valence-electron chi connectivity index (χ3n) is 4.98. The molecule has 0 aliphatic rings. The number of aromatic nitrogens is 1. The number of nitrogens with zero attached hydrogens (tertiary/aromatic N) is 1. The number of rotatable bonds is 6. The van der Waals surface area contributed by atoms with Crippen molar-refractivity contribution in [2.75, 3.05) is 7.11 Å². The molecular formula is C25H23NO4. The van der Waals surface area contributed by atoms with Crippen molar-refractivity contribution in [1.29, 1.82) is 0 Å². The van der Waals surface area contributed by atoms with Crippen LogP contribution in [-0.4, -0.2) is 17.4 Å². The Hall–Kier alpha value is -3.73. The van der Waals surface area contributed by atoms with Crippen molar-refractivity contribution in [1.82, 2.24) is 5.16 Å². The Kier molecular flexibility index (Phi) is 5.44. The molecule has 0 aliphatic carbocycles. The topological polar surface area (TPSA) is 64.7 Å². The van der Waals surface area contributed by atoms with Crippen LogP contribution in [0.4, 0.5) is 0 Å². The van der Waals surface area contributed by atoms with Gasteiger partial charge in [-0.1, -0.05) is 53.2 Å². The molecule has 0 radical (unpaired) electrons. The Morgan fingerprint density at radius 2 is 1.70 bits per heavy atom. The van der Waals surface area contributed by atoms with Gasteiger partial charge in [0.1, 0.15) is 23.9 Å². The number of benzene rings is 3. The van der Waals surface area contributed by atoms with Gasteiger partial charge in [-0.15, -0.1) is 0 Å². The highest BCUT2D eigenvalue weighted by Crippen LogP contribution is 2.42. The number of aryl methyl sites for hydroxylation is 2. The number of ether oxygens (including phenoxy) is 2. The Balaban J connectivity index is 1.63. The summed E-state index contributed by atoms with van der Waals surface area (Å²) in [5.74, 6) is 1.83. The first-order valence-electron chi connectivity index (χ1n) is 9.68. The molecule has 0 saturated carbocycles. The number of para-hydroxylation sites is 1. The highest BCUT2D eigenvalue weighted by Gasteiger charge is 2.22. The van der Waals surface area contributed by atoms with Crippen LogP contribution >= 0.6 is 0 Å². The van der Waals surface area contributed by atoms with Gasteiger partial charge in [0.25, 0.3) is 0 Å². The zero-order valence-electron chi connectivity index (χ0n) is 17.2. The fraction of sp³-hybridized carbons (Fsp3) is 0.160. The van der Waals surface area contributed by atoms with Crippen LogP contribution in [0, 0.1) is 13.8 Å². The van der Waals surface area contributed by atoms with Crippen molar-refractivity contribution in [2.45, 2.75) is 20.5 Å². The summed E-state index contributed by atoms with van der Waals surface area (Å²) < 4.78 is 16.9. The molecule has 152 valence electrons. The van der Waals surface area contributed by atoms with Gasteiger partial charge in [-0.3, -0.25) is 0 Å². The molecule has 4 rings (SSSR count). The van der Waals surface area contributed by atoms with Gasteiger partial charge in [0.05, 0.1) is 23.9 Å².